The van der Waals surface area contributed by atoms with Crippen molar-refractivity contribution >= 4 is 52.2 Å². The van der Waals surface area contributed by atoms with Gasteiger partial charge in [0.05, 0.1) is 17.6 Å². The fraction of sp³-hybridized carbons (Fsp3) is 0.269. The van der Waals surface area contributed by atoms with E-state index in [1.165, 1.54) is 36.5 Å². The van der Waals surface area contributed by atoms with Crippen molar-refractivity contribution in [3.63, 3.8) is 0 Å². The summed E-state index contributed by atoms with van der Waals surface area (Å²) in [6, 6.07) is 8.58. The number of anilines is 1. The molecule has 3 rings (SSSR count). The highest BCUT2D eigenvalue weighted by atomic mass is 35.5. The lowest BCUT2D eigenvalue weighted by atomic mass is 10.1. The van der Waals surface area contributed by atoms with Crippen molar-refractivity contribution in [3.8, 4) is 0 Å². The first-order valence-corrected chi connectivity index (χ1v) is 12.8. The summed E-state index contributed by atoms with van der Waals surface area (Å²) >= 11 is 5.94. The molecule has 2 aromatic carbocycles. The number of hydrogen-bond donors (Lipinski definition) is 6. The van der Waals surface area contributed by atoms with E-state index in [2.05, 4.69) is 31.2 Å². The summed E-state index contributed by atoms with van der Waals surface area (Å²) in [7, 11) is 0. The Hall–Kier alpha value is -4.56. The number of guanidine groups is 1. The molecule has 1 aromatic heterocycles. The molecule has 0 saturated carbocycles. The number of halogens is 3. The number of urea groups is 1. The number of carbonyl (C=O) groups is 3. The SMILES string of the molecule is NC(=O)NC(N)=NCCC[C@@H](COC(=O)Nc1cc2cc(F)ccc2cn1)NC(=O)CNCc1cccc(F)c1Cl. The minimum atomic E-state index is -0.853. The van der Waals surface area contributed by atoms with Gasteiger partial charge in [0.25, 0.3) is 0 Å². The fourth-order valence-electron chi connectivity index (χ4n) is 3.67. The Labute approximate surface area is 238 Å². The summed E-state index contributed by atoms with van der Waals surface area (Å²) in [5.41, 5.74) is 11.0. The minimum absolute atomic E-state index is 0.0330. The Kier molecular flexibility index (Phi) is 11.5. The van der Waals surface area contributed by atoms with Crippen molar-refractivity contribution in [1.29, 1.82) is 0 Å². The topological polar surface area (TPSA) is 186 Å². The molecule has 1 heterocycles. The average Bonchev–Trinajstić information content (AvgIpc) is 2.91. The van der Waals surface area contributed by atoms with Gasteiger partial charge in [0.15, 0.2) is 5.96 Å². The van der Waals surface area contributed by atoms with Crippen LogP contribution >= 0.6 is 11.6 Å². The van der Waals surface area contributed by atoms with Gasteiger partial charge in [-0.1, -0.05) is 23.7 Å². The molecule has 12 nitrogen and oxygen atoms in total. The van der Waals surface area contributed by atoms with Crippen LogP contribution in [-0.4, -0.2) is 54.7 Å². The Bertz CT molecular complexity index is 1430. The number of fused-ring (bicyclic) bond motifs is 1. The zero-order chi connectivity index (χ0) is 29.8. The van der Waals surface area contributed by atoms with Crippen LogP contribution in [0.25, 0.3) is 10.8 Å². The van der Waals surface area contributed by atoms with E-state index in [0.29, 0.717) is 29.2 Å². The number of primary amides is 1. The molecule has 41 heavy (non-hydrogen) atoms. The molecule has 0 fully saturated rings. The normalized spacial score (nSPS) is 12.0. The molecule has 0 aliphatic carbocycles. The van der Waals surface area contributed by atoms with Gasteiger partial charge in [0.2, 0.25) is 5.91 Å². The van der Waals surface area contributed by atoms with Crippen LogP contribution in [0, 0.1) is 11.6 Å². The Morgan fingerprint density at radius 2 is 1.90 bits per heavy atom. The number of aromatic nitrogens is 1. The summed E-state index contributed by atoms with van der Waals surface area (Å²) in [4.78, 5) is 43.9. The number of rotatable bonds is 12. The van der Waals surface area contributed by atoms with Crippen LogP contribution in [0.1, 0.15) is 18.4 Å². The molecule has 0 aliphatic heterocycles. The maximum atomic E-state index is 13.6. The number of ether oxygens (including phenoxy) is 1. The largest absolute Gasteiger partial charge is 0.447 e. The predicted octanol–water partition coefficient (Wildman–Crippen LogP) is 2.75. The van der Waals surface area contributed by atoms with Gasteiger partial charge in [0.1, 0.15) is 24.1 Å². The number of nitrogens with one attached hydrogen (secondary N) is 4. The van der Waals surface area contributed by atoms with E-state index in [1.54, 1.807) is 12.1 Å². The van der Waals surface area contributed by atoms with Crippen LogP contribution in [0.15, 0.2) is 53.7 Å². The first-order valence-electron chi connectivity index (χ1n) is 12.4. The van der Waals surface area contributed by atoms with Gasteiger partial charge < -0.3 is 26.8 Å². The van der Waals surface area contributed by atoms with Crippen LogP contribution < -0.4 is 32.7 Å². The molecular weight excluding hydrogens is 562 g/mol. The second kappa shape index (κ2) is 15.3. The smallest absolute Gasteiger partial charge is 0.412 e. The zero-order valence-electron chi connectivity index (χ0n) is 21.8. The molecule has 0 bridgehead atoms. The summed E-state index contributed by atoms with van der Waals surface area (Å²) in [5.74, 6) is -1.41. The summed E-state index contributed by atoms with van der Waals surface area (Å²) in [6.45, 7) is 0.0185. The van der Waals surface area contributed by atoms with Crippen molar-refractivity contribution in [2.75, 3.05) is 25.0 Å². The highest BCUT2D eigenvalue weighted by molar-refractivity contribution is 6.31. The van der Waals surface area contributed by atoms with Crippen molar-refractivity contribution < 1.29 is 27.9 Å². The molecule has 15 heteroatoms. The summed E-state index contributed by atoms with van der Waals surface area (Å²) in [5, 5.41) is 11.4. The maximum Gasteiger partial charge on any atom is 0.412 e. The lowest BCUT2D eigenvalue weighted by Crippen LogP contribution is -2.43. The first-order chi connectivity index (χ1) is 19.6. The van der Waals surface area contributed by atoms with Gasteiger partial charge in [0, 0.05) is 24.7 Å². The van der Waals surface area contributed by atoms with E-state index in [-0.39, 0.29) is 43.0 Å². The number of carbonyl (C=O) groups excluding carboxylic acids is 3. The molecule has 0 spiro atoms. The molecule has 4 amide bonds. The van der Waals surface area contributed by atoms with Crippen molar-refractivity contribution in [3.05, 3.63) is 70.9 Å². The number of aliphatic imine (C=N–C) groups is 1. The lowest BCUT2D eigenvalue weighted by Gasteiger charge is -2.19. The number of nitrogens with zero attached hydrogens (tertiary/aromatic N) is 2. The number of pyridine rings is 1. The number of hydrogen-bond acceptors (Lipinski definition) is 7. The van der Waals surface area contributed by atoms with Crippen LogP contribution in [0.4, 0.5) is 24.2 Å². The number of benzene rings is 2. The molecule has 218 valence electrons. The third-order valence-corrected chi connectivity index (χ3v) is 5.99. The Morgan fingerprint density at radius 1 is 1.10 bits per heavy atom. The quantitative estimate of drug-likeness (QED) is 0.106. The van der Waals surface area contributed by atoms with Crippen LogP contribution in [0.5, 0.6) is 0 Å². The number of amides is 4. The number of nitrogens with two attached hydrogens (primary N) is 2. The van der Waals surface area contributed by atoms with Gasteiger partial charge in [-0.3, -0.25) is 20.4 Å². The molecule has 0 unspecified atom stereocenters. The molecule has 0 radical (unpaired) electrons. The predicted molar refractivity (Wildman–Crippen MR) is 150 cm³/mol. The van der Waals surface area contributed by atoms with Gasteiger partial charge >= 0.3 is 12.1 Å². The van der Waals surface area contributed by atoms with Crippen LogP contribution in [-0.2, 0) is 16.1 Å². The van der Waals surface area contributed by atoms with Gasteiger partial charge in [-0.05, 0) is 54.1 Å². The van der Waals surface area contributed by atoms with Gasteiger partial charge in [-0.15, -0.1) is 0 Å². The van der Waals surface area contributed by atoms with Crippen LogP contribution in [0.3, 0.4) is 0 Å². The maximum absolute atomic E-state index is 13.6. The van der Waals surface area contributed by atoms with Crippen molar-refractivity contribution in [1.82, 2.24) is 20.9 Å². The molecule has 0 aliphatic rings. The highest BCUT2D eigenvalue weighted by Gasteiger charge is 2.16. The second-order valence-electron chi connectivity index (χ2n) is 8.76. The standard InChI is InChI=1S/C26H29ClF2N8O4/c27-23-16(3-1-5-20(23)29)11-32-13-22(38)35-19(4-2-8-33-24(30)37-25(31)39)14-41-26(40)36-21-10-17-9-18(28)7-6-15(17)12-34-21/h1,3,5-7,9-10,12,19,32H,2,4,8,11,13-14H2,(H,35,38)(H,34,36,40)(H5,30,31,33,37,39)/t19-/m0/s1. The average molecular weight is 591 g/mol. The first kappa shape index (κ1) is 31.0. The molecular formula is C26H29ClF2N8O4. The highest BCUT2D eigenvalue weighted by Crippen LogP contribution is 2.19. The van der Waals surface area contributed by atoms with E-state index in [9.17, 15) is 23.2 Å². The van der Waals surface area contributed by atoms with E-state index in [1.807, 2.05) is 0 Å². The minimum Gasteiger partial charge on any atom is -0.447 e. The van der Waals surface area contributed by atoms with Gasteiger partial charge in [-0.25, -0.2) is 23.4 Å². The molecule has 0 saturated heterocycles. The van der Waals surface area contributed by atoms with E-state index < -0.39 is 35.7 Å². The monoisotopic (exact) mass is 590 g/mol. The van der Waals surface area contributed by atoms with Crippen molar-refractivity contribution in [2.24, 2.45) is 16.5 Å². The molecule has 1 atom stereocenters. The van der Waals surface area contributed by atoms with E-state index in [4.69, 9.17) is 27.8 Å². The van der Waals surface area contributed by atoms with Gasteiger partial charge in [-0.2, -0.15) is 0 Å². The summed E-state index contributed by atoms with van der Waals surface area (Å²) in [6.07, 6.45) is 1.38. The van der Waals surface area contributed by atoms with E-state index >= 15 is 0 Å². The lowest BCUT2D eigenvalue weighted by molar-refractivity contribution is -0.121. The van der Waals surface area contributed by atoms with Crippen LogP contribution in [0.2, 0.25) is 5.02 Å². The molecule has 3 aromatic rings. The summed E-state index contributed by atoms with van der Waals surface area (Å²) < 4.78 is 32.4. The zero-order valence-corrected chi connectivity index (χ0v) is 22.5. The third kappa shape index (κ3) is 10.5. The fourth-order valence-corrected chi connectivity index (χ4v) is 3.86. The third-order valence-electron chi connectivity index (χ3n) is 5.57. The van der Waals surface area contributed by atoms with E-state index in [0.717, 1.165) is 0 Å². The Morgan fingerprint density at radius 3 is 2.68 bits per heavy atom. The molecule has 8 N–H and O–H groups in total. The Balaban J connectivity index is 1.54. The second-order valence-corrected chi connectivity index (χ2v) is 9.14. The van der Waals surface area contributed by atoms with Crippen molar-refractivity contribution in [2.45, 2.75) is 25.4 Å².